The molecule has 0 unspecified atom stereocenters. The Bertz CT molecular complexity index is 701. The minimum atomic E-state index is 0.611. The number of nitrogens with zero attached hydrogens (tertiary/aromatic N) is 6. The van der Waals surface area contributed by atoms with Gasteiger partial charge in [0.15, 0.2) is 0 Å². The van der Waals surface area contributed by atoms with Gasteiger partial charge in [0.2, 0.25) is 5.95 Å². The van der Waals surface area contributed by atoms with E-state index in [0.29, 0.717) is 6.04 Å². The molecule has 146 valence electrons. The highest BCUT2D eigenvalue weighted by molar-refractivity contribution is 5.46. The van der Waals surface area contributed by atoms with E-state index in [9.17, 15) is 0 Å². The molecule has 2 saturated heterocycles. The third-order valence-electron chi connectivity index (χ3n) is 5.59. The summed E-state index contributed by atoms with van der Waals surface area (Å²) in [6, 6.07) is 4.73. The zero-order chi connectivity index (χ0) is 18.5. The van der Waals surface area contributed by atoms with Crippen molar-refractivity contribution in [2.24, 2.45) is 0 Å². The Morgan fingerprint density at radius 3 is 2.63 bits per heavy atom. The summed E-state index contributed by atoms with van der Waals surface area (Å²) in [5.41, 5.74) is 1.07. The first kappa shape index (κ1) is 18.2. The minimum Gasteiger partial charge on any atom is -0.356 e. The van der Waals surface area contributed by atoms with Gasteiger partial charge in [-0.05, 0) is 51.6 Å². The number of hydrogen-bond acceptors (Lipinski definition) is 6. The van der Waals surface area contributed by atoms with Crippen LogP contribution in [0.3, 0.4) is 0 Å². The largest absolute Gasteiger partial charge is 0.356 e. The van der Waals surface area contributed by atoms with Gasteiger partial charge in [-0.3, -0.25) is 4.68 Å². The standard InChI is InChI=1S/C20H31N7/c1-17-16-19(24-20(23-17)26-10-2-3-11-26)25-14-6-18(7-15-25)21-8-4-12-27-13-5-9-22-27/h5,9,13,16,18,21H,2-4,6-8,10-12,14-15H2,1H3. The summed E-state index contributed by atoms with van der Waals surface area (Å²) in [5, 5.41) is 7.97. The second-order valence-corrected chi connectivity index (χ2v) is 7.70. The Balaban J connectivity index is 1.25. The molecule has 0 aliphatic carbocycles. The maximum atomic E-state index is 4.88. The Hall–Kier alpha value is -2.15. The summed E-state index contributed by atoms with van der Waals surface area (Å²) in [6.45, 7) is 8.42. The zero-order valence-corrected chi connectivity index (χ0v) is 16.3. The van der Waals surface area contributed by atoms with Gasteiger partial charge in [0, 0.05) is 62.9 Å². The molecule has 0 aromatic carbocycles. The lowest BCUT2D eigenvalue weighted by molar-refractivity contribution is 0.403. The van der Waals surface area contributed by atoms with Gasteiger partial charge in [0.25, 0.3) is 0 Å². The highest BCUT2D eigenvalue weighted by Crippen LogP contribution is 2.23. The van der Waals surface area contributed by atoms with Crippen LogP contribution in [-0.4, -0.2) is 58.5 Å². The van der Waals surface area contributed by atoms with Crippen LogP contribution >= 0.6 is 0 Å². The van der Waals surface area contributed by atoms with Gasteiger partial charge in [-0.1, -0.05) is 0 Å². The van der Waals surface area contributed by atoms with Crippen LogP contribution in [0.15, 0.2) is 24.5 Å². The summed E-state index contributed by atoms with van der Waals surface area (Å²) in [6.07, 6.45) is 9.83. The second-order valence-electron chi connectivity index (χ2n) is 7.70. The predicted octanol–water partition coefficient (Wildman–Crippen LogP) is 2.23. The van der Waals surface area contributed by atoms with Crippen molar-refractivity contribution in [3.05, 3.63) is 30.2 Å². The monoisotopic (exact) mass is 369 g/mol. The highest BCUT2D eigenvalue weighted by atomic mass is 15.3. The summed E-state index contributed by atoms with van der Waals surface area (Å²) in [5.74, 6) is 2.02. The van der Waals surface area contributed by atoms with Crippen molar-refractivity contribution in [1.29, 1.82) is 0 Å². The van der Waals surface area contributed by atoms with Crippen molar-refractivity contribution < 1.29 is 0 Å². The molecule has 1 N–H and O–H groups in total. The van der Waals surface area contributed by atoms with E-state index in [-0.39, 0.29) is 0 Å². The Kier molecular flexibility index (Phi) is 5.87. The van der Waals surface area contributed by atoms with E-state index in [4.69, 9.17) is 4.98 Å². The lowest BCUT2D eigenvalue weighted by atomic mass is 10.0. The first-order chi connectivity index (χ1) is 13.3. The topological polar surface area (TPSA) is 62.1 Å². The Morgan fingerprint density at radius 1 is 1.07 bits per heavy atom. The molecule has 2 aromatic rings. The van der Waals surface area contributed by atoms with Crippen LogP contribution in [0, 0.1) is 6.92 Å². The van der Waals surface area contributed by atoms with Gasteiger partial charge in [0.05, 0.1) is 0 Å². The Morgan fingerprint density at radius 2 is 1.89 bits per heavy atom. The second kappa shape index (κ2) is 8.69. The van der Waals surface area contributed by atoms with E-state index in [2.05, 4.69) is 38.2 Å². The quantitative estimate of drug-likeness (QED) is 0.755. The van der Waals surface area contributed by atoms with Gasteiger partial charge < -0.3 is 15.1 Å². The molecule has 2 aromatic heterocycles. The van der Waals surface area contributed by atoms with E-state index in [1.807, 2.05) is 23.1 Å². The van der Waals surface area contributed by atoms with Crippen LogP contribution < -0.4 is 15.1 Å². The van der Waals surface area contributed by atoms with E-state index < -0.39 is 0 Å². The van der Waals surface area contributed by atoms with E-state index >= 15 is 0 Å². The fraction of sp³-hybridized carbons (Fsp3) is 0.650. The van der Waals surface area contributed by atoms with Gasteiger partial charge >= 0.3 is 0 Å². The van der Waals surface area contributed by atoms with Gasteiger partial charge in [-0.15, -0.1) is 0 Å². The molecule has 4 heterocycles. The number of rotatable bonds is 7. The Labute approximate surface area is 161 Å². The van der Waals surface area contributed by atoms with Crippen molar-refractivity contribution in [3.8, 4) is 0 Å². The van der Waals surface area contributed by atoms with Gasteiger partial charge in [0.1, 0.15) is 5.82 Å². The number of nitrogens with one attached hydrogen (secondary N) is 1. The lowest BCUT2D eigenvalue weighted by Crippen LogP contribution is -2.43. The molecule has 4 rings (SSSR count). The molecule has 2 aliphatic rings. The predicted molar refractivity (Wildman–Crippen MR) is 108 cm³/mol. The maximum absolute atomic E-state index is 4.88. The first-order valence-electron chi connectivity index (χ1n) is 10.3. The third-order valence-corrected chi connectivity index (χ3v) is 5.59. The average molecular weight is 370 g/mol. The van der Waals surface area contributed by atoms with Crippen molar-refractivity contribution in [2.45, 2.75) is 51.6 Å². The minimum absolute atomic E-state index is 0.611. The molecule has 0 atom stereocenters. The number of aromatic nitrogens is 4. The molecule has 2 aliphatic heterocycles. The summed E-state index contributed by atoms with van der Waals surface area (Å²) in [4.78, 5) is 14.3. The van der Waals surface area contributed by atoms with Crippen molar-refractivity contribution >= 4 is 11.8 Å². The van der Waals surface area contributed by atoms with Crippen LogP contribution in [0.5, 0.6) is 0 Å². The number of piperidine rings is 1. The van der Waals surface area contributed by atoms with Crippen molar-refractivity contribution in [2.75, 3.05) is 42.5 Å². The SMILES string of the molecule is Cc1cc(N2CCC(NCCCn3cccn3)CC2)nc(N2CCCC2)n1. The summed E-state index contributed by atoms with van der Waals surface area (Å²) >= 11 is 0. The molecule has 0 bridgehead atoms. The molecule has 27 heavy (non-hydrogen) atoms. The molecular formula is C20H31N7. The zero-order valence-electron chi connectivity index (χ0n) is 16.3. The molecule has 0 radical (unpaired) electrons. The van der Waals surface area contributed by atoms with Crippen LogP contribution in [0.25, 0.3) is 0 Å². The summed E-state index contributed by atoms with van der Waals surface area (Å²) < 4.78 is 2.00. The number of hydrogen-bond donors (Lipinski definition) is 1. The molecular weight excluding hydrogens is 338 g/mol. The number of aryl methyl sites for hydroxylation is 2. The molecule has 0 amide bonds. The molecule has 0 saturated carbocycles. The molecule has 7 nitrogen and oxygen atoms in total. The lowest BCUT2D eigenvalue weighted by Gasteiger charge is -2.33. The van der Waals surface area contributed by atoms with Crippen molar-refractivity contribution in [1.82, 2.24) is 25.1 Å². The van der Waals surface area contributed by atoms with Crippen LogP contribution in [-0.2, 0) is 6.54 Å². The van der Waals surface area contributed by atoms with Crippen LogP contribution in [0.4, 0.5) is 11.8 Å². The number of anilines is 2. The average Bonchev–Trinajstić information content (AvgIpc) is 3.39. The van der Waals surface area contributed by atoms with Gasteiger partial charge in [-0.2, -0.15) is 10.1 Å². The molecule has 0 spiro atoms. The molecule has 2 fully saturated rings. The normalized spacial score (nSPS) is 18.4. The van der Waals surface area contributed by atoms with E-state index in [1.165, 1.54) is 25.7 Å². The highest BCUT2D eigenvalue weighted by Gasteiger charge is 2.22. The smallest absolute Gasteiger partial charge is 0.227 e. The van der Waals surface area contributed by atoms with E-state index in [1.54, 1.807) is 0 Å². The van der Waals surface area contributed by atoms with Crippen LogP contribution in [0.1, 0.15) is 37.8 Å². The molecule has 7 heteroatoms. The first-order valence-corrected chi connectivity index (χ1v) is 10.3. The maximum Gasteiger partial charge on any atom is 0.227 e. The van der Waals surface area contributed by atoms with Gasteiger partial charge in [-0.25, -0.2) is 4.98 Å². The fourth-order valence-corrected chi connectivity index (χ4v) is 4.05. The fourth-order valence-electron chi connectivity index (χ4n) is 4.05. The van der Waals surface area contributed by atoms with Crippen LogP contribution in [0.2, 0.25) is 0 Å². The van der Waals surface area contributed by atoms with Crippen molar-refractivity contribution in [3.63, 3.8) is 0 Å². The summed E-state index contributed by atoms with van der Waals surface area (Å²) in [7, 11) is 0. The third kappa shape index (κ3) is 4.77. The van der Waals surface area contributed by atoms with E-state index in [0.717, 1.165) is 63.1 Å².